The quantitative estimate of drug-likeness (QED) is 0.479. The first-order chi connectivity index (χ1) is 15.3. The Balaban J connectivity index is 1.51. The normalized spacial score (nSPS) is 14.0. The molecule has 8 heteroatoms. The van der Waals surface area contributed by atoms with Gasteiger partial charge < -0.3 is 5.32 Å². The number of halogens is 3. The van der Waals surface area contributed by atoms with Crippen LogP contribution in [0, 0.1) is 6.92 Å². The maximum absolute atomic E-state index is 13.2. The van der Waals surface area contributed by atoms with Crippen LogP contribution in [-0.4, -0.2) is 21.8 Å². The first kappa shape index (κ1) is 22.5. The number of hydrogen-bond acceptors (Lipinski definition) is 4. The Morgan fingerprint density at radius 1 is 1.09 bits per heavy atom. The molecular formula is C24H24F3N3OS. The van der Waals surface area contributed by atoms with Crippen LogP contribution in [0.4, 0.5) is 13.2 Å². The fourth-order valence-corrected chi connectivity index (χ4v) is 4.21. The maximum atomic E-state index is 13.2. The summed E-state index contributed by atoms with van der Waals surface area (Å²) in [7, 11) is 0. The molecule has 0 bridgehead atoms. The molecule has 1 aliphatic carbocycles. The van der Waals surface area contributed by atoms with Gasteiger partial charge in [-0.2, -0.15) is 13.2 Å². The Hall–Kier alpha value is -2.71. The summed E-state index contributed by atoms with van der Waals surface area (Å²) in [6, 6.07) is 13.7. The van der Waals surface area contributed by atoms with Crippen molar-refractivity contribution < 1.29 is 18.0 Å². The van der Waals surface area contributed by atoms with E-state index in [-0.39, 0.29) is 11.9 Å². The molecule has 3 aromatic rings. The number of rotatable bonds is 8. The molecule has 1 aromatic heterocycles. The third kappa shape index (κ3) is 6.17. The van der Waals surface area contributed by atoms with E-state index in [9.17, 15) is 18.0 Å². The zero-order chi connectivity index (χ0) is 22.7. The average Bonchev–Trinajstić information content (AvgIpc) is 3.43. The number of aryl methyl sites for hydroxylation is 1. The molecule has 1 aliphatic rings. The van der Waals surface area contributed by atoms with Crippen molar-refractivity contribution in [3.63, 3.8) is 0 Å². The van der Waals surface area contributed by atoms with E-state index in [1.165, 1.54) is 23.5 Å². The number of benzene rings is 2. The Morgan fingerprint density at radius 2 is 1.81 bits per heavy atom. The SMILES string of the molecule is Cc1ccc(CN(Cc2cccc(C(F)(F)F)c2)Cc2nc(C(=O)NC3CC3)cs2)cc1. The first-order valence-electron chi connectivity index (χ1n) is 10.5. The Bertz CT molecular complexity index is 1070. The predicted octanol–water partition coefficient (Wildman–Crippen LogP) is 5.56. The molecule has 1 N–H and O–H groups in total. The molecule has 0 saturated heterocycles. The highest BCUT2D eigenvalue weighted by Crippen LogP contribution is 2.30. The Morgan fingerprint density at radius 3 is 2.50 bits per heavy atom. The van der Waals surface area contributed by atoms with E-state index in [0.717, 1.165) is 35.0 Å². The van der Waals surface area contributed by atoms with Crippen molar-refractivity contribution >= 4 is 17.2 Å². The summed E-state index contributed by atoms with van der Waals surface area (Å²) >= 11 is 1.39. The van der Waals surface area contributed by atoms with Crippen molar-refractivity contribution in [3.8, 4) is 0 Å². The molecule has 0 unspecified atom stereocenters. The molecule has 0 radical (unpaired) electrons. The highest BCUT2D eigenvalue weighted by Gasteiger charge is 2.30. The van der Waals surface area contributed by atoms with Crippen LogP contribution in [0.3, 0.4) is 0 Å². The molecule has 4 nitrogen and oxygen atoms in total. The summed E-state index contributed by atoms with van der Waals surface area (Å²) in [6.07, 6.45) is -2.37. The fraction of sp³-hybridized carbons (Fsp3) is 0.333. The predicted molar refractivity (Wildman–Crippen MR) is 118 cm³/mol. The first-order valence-corrected chi connectivity index (χ1v) is 11.3. The molecule has 1 amide bonds. The molecule has 0 atom stereocenters. The fourth-order valence-electron chi connectivity index (χ4n) is 3.39. The van der Waals surface area contributed by atoms with E-state index >= 15 is 0 Å². The van der Waals surface area contributed by atoms with Gasteiger partial charge in [0.1, 0.15) is 10.7 Å². The largest absolute Gasteiger partial charge is 0.416 e. The van der Waals surface area contributed by atoms with E-state index in [1.54, 1.807) is 11.4 Å². The number of aromatic nitrogens is 1. The highest BCUT2D eigenvalue weighted by atomic mass is 32.1. The summed E-state index contributed by atoms with van der Waals surface area (Å²) in [5.74, 6) is -0.169. The number of hydrogen-bond donors (Lipinski definition) is 1. The second kappa shape index (κ2) is 9.42. The van der Waals surface area contributed by atoms with Crippen molar-refractivity contribution in [1.29, 1.82) is 0 Å². The maximum Gasteiger partial charge on any atom is 0.416 e. The van der Waals surface area contributed by atoms with Gasteiger partial charge in [-0.3, -0.25) is 9.69 Å². The molecule has 0 aliphatic heterocycles. The molecule has 168 valence electrons. The van der Waals surface area contributed by atoms with Crippen LogP contribution in [0.1, 0.15) is 50.6 Å². The molecule has 0 spiro atoms. The number of carbonyl (C=O) groups excluding carboxylic acids is 1. The molecule has 32 heavy (non-hydrogen) atoms. The van der Waals surface area contributed by atoms with Gasteiger partial charge in [-0.25, -0.2) is 4.98 Å². The second-order valence-electron chi connectivity index (χ2n) is 8.20. The van der Waals surface area contributed by atoms with E-state index in [2.05, 4.69) is 10.3 Å². The number of alkyl halides is 3. The van der Waals surface area contributed by atoms with Gasteiger partial charge >= 0.3 is 6.18 Å². The zero-order valence-corrected chi connectivity index (χ0v) is 18.5. The summed E-state index contributed by atoms with van der Waals surface area (Å²) in [5, 5.41) is 5.42. The van der Waals surface area contributed by atoms with Crippen LogP contribution >= 0.6 is 11.3 Å². The van der Waals surface area contributed by atoms with Crippen LogP contribution < -0.4 is 5.32 Å². The van der Waals surface area contributed by atoms with Gasteiger partial charge in [-0.05, 0) is 37.0 Å². The summed E-state index contributed by atoms with van der Waals surface area (Å²) < 4.78 is 39.5. The standard InChI is InChI=1S/C24H24F3N3OS/c1-16-5-7-17(8-6-16)12-30(13-18-3-2-4-19(11-18)24(25,26)27)14-22-29-21(15-32-22)23(31)28-20-9-10-20/h2-8,11,15,20H,9-10,12-14H2,1H3,(H,28,31). The molecule has 1 fully saturated rings. The van der Waals surface area contributed by atoms with Crippen LogP contribution in [0.25, 0.3) is 0 Å². The van der Waals surface area contributed by atoms with Gasteiger partial charge in [0, 0.05) is 24.5 Å². The lowest BCUT2D eigenvalue weighted by Crippen LogP contribution is -2.26. The lowest BCUT2D eigenvalue weighted by Gasteiger charge is -2.22. The smallest absolute Gasteiger partial charge is 0.348 e. The van der Waals surface area contributed by atoms with Gasteiger partial charge in [0.25, 0.3) is 5.91 Å². The van der Waals surface area contributed by atoms with Gasteiger partial charge in [0.15, 0.2) is 0 Å². The number of carbonyl (C=O) groups is 1. The minimum absolute atomic E-state index is 0.169. The van der Waals surface area contributed by atoms with Gasteiger partial charge in [0.05, 0.1) is 12.1 Å². The van der Waals surface area contributed by atoms with Gasteiger partial charge in [-0.1, -0.05) is 48.0 Å². The van der Waals surface area contributed by atoms with Gasteiger partial charge in [0.2, 0.25) is 0 Å². The monoisotopic (exact) mass is 459 g/mol. The minimum atomic E-state index is -4.38. The summed E-state index contributed by atoms with van der Waals surface area (Å²) in [6.45, 7) is 3.33. The molecule has 4 rings (SSSR count). The van der Waals surface area contributed by atoms with Crippen LogP contribution in [0.15, 0.2) is 53.9 Å². The Labute approximate surface area is 189 Å². The summed E-state index contributed by atoms with van der Waals surface area (Å²) in [4.78, 5) is 18.8. The van der Waals surface area contributed by atoms with E-state index in [0.29, 0.717) is 30.9 Å². The minimum Gasteiger partial charge on any atom is -0.348 e. The van der Waals surface area contributed by atoms with Crippen molar-refractivity contribution in [2.24, 2.45) is 0 Å². The lowest BCUT2D eigenvalue weighted by molar-refractivity contribution is -0.137. The molecule has 1 heterocycles. The lowest BCUT2D eigenvalue weighted by atomic mass is 10.1. The number of nitrogens with zero attached hydrogens (tertiary/aromatic N) is 2. The van der Waals surface area contributed by atoms with Crippen molar-refractivity contribution in [1.82, 2.24) is 15.2 Å². The molecule has 2 aromatic carbocycles. The van der Waals surface area contributed by atoms with E-state index < -0.39 is 11.7 Å². The zero-order valence-electron chi connectivity index (χ0n) is 17.7. The van der Waals surface area contributed by atoms with Gasteiger partial charge in [-0.15, -0.1) is 11.3 Å². The van der Waals surface area contributed by atoms with Crippen molar-refractivity contribution in [2.75, 3.05) is 0 Å². The number of amides is 1. The van der Waals surface area contributed by atoms with Crippen molar-refractivity contribution in [3.05, 3.63) is 86.9 Å². The number of thiazole rings is 1. The van der Waals surface area contributed by atoms with Crippen molar-refractivity contribution in [2.45, 2.75) is 51.6 Å². The van der Waals surface area contributed by atoms with E-state index in [1.807, 2.05) is 36.1 Å². The molecule has 1 saturated carbocycles. The topological polar surface area (TPSA) is 45.2 Å². The second-order valence-corrected chi connectivity index (χ2v) is 9.15. The highest BCUT2D eigenvalue weighted by molar-refractivity contribution is 7.09. The average molecular weight is 460 g/mol. The number of nitrogens with one attached hydrogen (secondary N) is 1. The Kier molecular flexibility index (Phi) is 6.62. The van der Waals surface area contributed by atoms with Crippen LogP contribution in [-0.2, 0) is 25.8 Å². The molecular weight excluding hydrogens is 435 g/mol. The third-order valence-corrected chi connectivity index (χ3v) is 6.08. The van der Waals surface area contributed by atoms with Crippen LogP contribution in [0.5, 0.6) is 0 Å². The third-order valence-electron chi connectivity index (χ3n) is 5.24. The summed E-state index contributed by atoms with van der Waals surface area (Å²) in [5.41, 5.74) is 2.52. The van der Waals surface area contributed by atoms with Crippen LogP contribution in [0.2, 0.25) is 0 Å². The van der Waals surface area contributed by atoms with E-state index in [4.69, 9.17) is 0 Å².